The molecule has 0 aliphatic carbocycles. The number of rotatable bonds is 3. The maximum atomic E-state index is 9.99. The summed E-state index contributed by atoms with van der Waals surface area (Å²) in [6, 6.07) is 12.7. The van der Waals surface area contributed by atoms with Gasteiger partial charge in [0.05, 0.1) is 25.9 Å². The molecule has 1 heterocycles. The van der Waals surface area contributed by atoms with Gasteiger partial charge in [0.1, 0.15) is 17.2 Å². The fraction of sp³-hybridized carbons (Fsp3) is 0.235. The number of nitrogens with zero attached hydrogens (tertiary/aromatic N) is 1. The predicted octanol–water partition coefficient (Wildman–Crippen LogP) is 2.69. The molecule has 0 aromatic heterocycles. The molecule has 5 nitrogen and oxygen atoms in total. The number of hydrogen-bond acceptors (Lipinski definition) is 5. The lowest BCUT2D eigenvalue weighted by molar-refractivity contribution is 0.0692. The fourth-order valence-electron chi connectivity index (χ4n) is 2.75. The standard InChI is InChI=1S/C17H15NO4/c1-20-12-6-3-5-10-15(12)16-13(21-2)7-4-8-14(16)22-17(10)11(19)9-18/h3-8,11,17,19H,1-2H3. The Balaban J connectivity index is 2.31. The Labute approximate surface area is 128 Å². The second-order valence-corrected chi connectivity index (χ2v) is 4.87. The maximum absolute atomic E-state index is 9.99. The SMILES string of the molecule is COc1cccc2c1-c1c(OC)cccc1C(C(O)C#N)O2. The van der Waals surface area contributed by atoms with Gasteiger partial charge >= 0.3 is 0 Å². The molecule has 2 aromatic carbocycles. The summed E-state index contributed by atoms with van der Waals surface area (Å²) in [5.74, 6) is 1.84. The molecule has 2 aromatic rings. The monoisotopic (exact) mass is 297 g/mol. The molecule has 1 aliphatic heterocycles. The minimum Gasteiger partial charge on any atom is -0.496 e. The topological polar surface area (TPSA) is 71.7 Å². The molecule has 2 unspecified atom stereocenters. The quantitative estimate of drug-likeness (QED) is 0.882. The van der Waals surface area contributed by atoms with Gasteiger partial charge in [-0.05, 0) is 18.2 Å². The number of fused-ring (bicyclic) bond motifs is 3. The largest absolute Gasteiger partial charge is 0.496 e. The van der Waals surface area contributed by atoms with Crippen molar-refractivity contribution in [3.8, 4) is 34.4 Å². The van der Waals surface area contributed by atoms with E-state index in [-0.39, 0.29) is 0 Å². The van der Waals surface area contributed by atoms with E-state index in [9.17, 15) is 5.11 Å². The van der Waals surface area contributed by atoms with E-state index in [2.05, 4.69) is 0 Å². The molecule has 0 amide bonds. The minimum absolute atomic E-state index is 0.552. The highest BCUT2D eigenvalue weighted by Crippen LogP contribution is 2.51. The van der Waals surface area contributed by atoms with Gasteiger partial charge in [0.2, 0.25) is 0 Å². The molecule has 22 heavy (non-hydrogen) atoms. The van der Waals surface area contributed by atoms with Crippen molar-refractivity contribution in [3.63, 3.8) is 0 Å². The zero-order valence-electron chi connectivity index (χ0n) is 12.2. The zero-order chi connectivity index (χ0) is 15.7. The lowest BCUT2D eigenvalue weighted by Gasteiger charge is -2.31. The third-order valence-electron chi connectivity index (χ3n) is 3.72. The number of benzene rings is 2. The molecule has 1 N–H and O–H groups in total. The van der Waals surface area contributed by atoms with E-state index >= 15 is 0 Å². The van der Waals surface area contributed by atoms with E-state index in [1.165, 1.54) is 0 Å². The van der Waals surface area contributed by atoms with Gasteiger partial charge in [0, 0.05) is 11.1 Å². The molecule has 0 radical (unpaired) electrons. The molecule has 112 valence electrons. The van der Waals surface area contributed by atoms with Crippen LogP contribution in [0, 0.1) is 11.3 Å². The van der Waals surface area contributed by atoms with Gasteiger partial charge < -0.3 is 19.3 Å². The average molecular weight is 297 g/mol. The van der Waals surface area contributed by atoms with Crippen molar-refractivity contribution in [1.82, 2.24) is 0 Å². The molecule has 0 spiro atoms. The number of nitriles is 1. The first kappa shape index (κ1) is 14.2. The molecular weight excluding hydrogens is 282 g/mol. The molecule has 3 rings (SSSR count). The molecule has 2 atom stereocenters. The second kappa shape index (κ2) is 5.58. The van der Waals surface area contributed by atoms with Gasteiger partial charge in [0.15, 0.2) is 12.2 Å². The van der Waals surface area contributed by atoms with Gasteiger partial charge in [-0.25, -0.2) is 0 Å². The van der Waals surface area contributed by atoms with Crippen LogP contribution in [0.5, 0.6) is 17.2 Å². The van der Waals surface area contributed by atoms with Crippen molar-refractivity contribution in [1.29, 1.82) is 5.26 Å². The molecule has 0 saturated heterocycles. The minimum atomic E-state index is -1.27. The molecule has 0 bridgehead atoms. The van der Waals surface area contributed by atoms with Crippen LogP contribution in [0.25, 0.3) is 11.1 Å². The summed E-state index contributed by atoms with van der Waals surface area (Å²) in [7, 11) is 3.16. The summed E-state index contributed by atoms with van der Waals surface area (Å²) in [4.78, 5) is 0. The van der Waals surface area contributed by atoms with Gasteiger partial charge in [-0.3, -0.25) is 0 Å². The van der Waals surface area contributed by atoms with Crippen molar-refractivity contribution in [2.75, 3.05) is 14.2 Å². The van der Waals surface area contributed by atoms with Crippen molar-refractivity contribution in [2.24, 2.45) is 0 Å². The highest BCUT2D eigenvalue weighted by atomic mass is 16.5. The Morgan fingerprint density at radius 1 is 1.09 bits per heavy atom. The van der Waals surface area contributed by atoms with E-state index < -0.39 is 12.2 Å². The summed E-state index contributed by atoms with van der Waals surface area (Å²) in [6.07, 6.45) is -2.04. The van der Waals surface area contributed by atoms with E-state index in [4.69, 9.17) is 19.5 Å². The van der Waals surface area contributed by atoms with Crippen molar-refractivity contribution >= 4 is 0 Å². The first-order chi connectivity index (χ1) is 10.7. The van der Waals surface area contributed by atoms with Crippen LogP contribution < -0.4 is 14.2 Å². The number of aliphatic hydroxyl groups excluding tert-OH is 1. The Bertz CT molecular complexity index is 751. The van der Waals surface area contributed by atoms with Crippen molar-refractivity contribution in [3.05, 3.63) is 42.0 Å². The van der Waals surface area contributed by atoms with Crippen LogP contribution in [-0.4, -0.2) is 25.4 Å². The van der Waals surface area contributed by atoms with Crippen molar-refractivity contribution < 1.29 is 19.3 Å². The van der Waals surface area contributed by atoms with Gasteiger partial charge in [0.25, 0.3) is 0 Å². The number of ether oxygens (including phenoxy) is 3. The van der Waals surface area contributed by atoms with Crippen molar-refractivity contribution in [2.45, 2.75) is 12.2 Å². The lowest BCUT2D eigenvalue weighted by Crippen LogP contribution is -2.25. The Morgan fingerprint density at radius 3 is 2.36 bits per heavy atom. The number of methoxy groups -OCH3 is 2. The van der Waals surface area contributed by atoms with Gasteiger partial charge in [-0.15, -0.1) is 0 Å². The summed E-state index contributed by atoms with van der Waals surface area (Å²) >= 11 is 0. The van der Waals surface area contributed by atoms with E-state index in [1.54, 1.807) is 32.4 Å². The molecular formula is C17H15NO4. The maximum Gasteiger partial charge on any atom is 0.181 e. The first-order valence-electron chi connectivity index (χ1n) is 6.80. The van der Waals surface area contributed by atoms with Crippen LogP contribution in [0.15, 0.2) is 36.4 Å². The summed E-state index contributed by atoms with van der Waals surface area (Å²) in [6.45, 7) is 0. The van der Waals surface area contributed by atoms with Crippen LogP contribution >= 0.6 is 0 Å². The predicted molar refractivity (Wildman–Crippen MR) is 80.0 cm³/mol. The molecule has 0 fully saturated rings. The highest BCUT2D eigenvalue weighted by molar-refractivity contribution is 5.85. The normalized spacial score (nSPS) is 16.5. The fourth-order valence-corrected chi connectivity index (χ4v) is 2.75. The Morgan fingerprint density at radius 2 is 1.73 bits per heavy atom. The zero-order valence-corrected chi connectivity index (χ0v) is 12.2. The van der Waals surface area contributed by atoms with E-state index in [1.807, 2.05) is 24.3 Å². The van der Waals surface area contributed by atoms with Gasteiger partial charge in [-0.2, -0.15) is 5.26 Å². The first-order valence-corrected chi connectivity index (χ1v) is 6.80. The molecule has 1 aliphatic rings. The van der Waals surface area contributed by atoms with E-state index in [0.29, 0.717) is 22.8 Å². The Hall–Kier alpha value is -2.71. The van der Waals surface area contributed by atoms with Crippen LogP contribution in [0.4, 0.5) is 0 Å². The summed E-state index contributed by atoms with van der Waals surface area (Å²) in [5, 5.41) is 19.0. The summed E-state index contributed by atoms with van der Waals surface area (Å²) in [5.41, 5.74) is 2.24. The van der Waals surface area contributed by atoms with E-state index in [0.717, 1.165) is 11.1 Å². The highest BCUT2D eigenvalue weighted by Gasteiger charge is 2.34. The van der Waals surface area contributed by atoms with Crippen LogP contribution in [0.3, 0.4) is 0 Å². The van der Waals surface area contributed by atoms with Crippen LogP contribution in [-0.2, 0) is 0 Å². The Kier molecular flexibility index (Phi) is 3.61. The third-order valence-corrected chi connectivity index (χ3v) is 3.72. The van der Waals surface area contributed by atoms with Crippen LogP contribution in [0.2, 0.25) is 0 Å². The molecule has 0 saturated carbocycles. The summed E-state index contributed by atoms with van der Waals surface area (Å²) < 4.78 is 16.7. The molecule has 5 heteroatoms. The second-order valence-electron chi connectivity index (χ2n) is 4.87. The van der Waals surface area contributed by atoms with Crippen LogP contribution in [0.1, 0.15) is 11.7 Å². The smallest absolute Gasteiger partial charge is 0.181 e. The lowest BCUT2D eigenvalue weighted by atomic mass is 9.89. The number of aliphatic hydroxyl groups is 1. The van der Waals surface area contributed by atoms with Gasteiger partial charge in [-0.1, -0.05) is 18.2 Å². The number of hydrogen-bond donors (Lipinski definition) is 1. The third kappa shape index (κ3) is 2.05. The average Bonchev–Trinajstić information content (AvgIpc) is 2.58.